The van der Waals surface area contributed by atoms with Gasteiger partial charge in [0.2, 0.25) is 5.82 Å². The molecule has 6 heteroatoms. The van der Waals surface area contributed by atoms with Crippen LogP contribution in [0.4, 0.5) is 0 Å². The molecule has 0 saturated carbocycles. The molecule has 2 aromatic heterocycles. The first-order valence-electron chi connectivity index (χ1n) is 8.58. The Morgan fingerprint density at radius 2 is 2.04 bits per heavy atom. The summed E-state index contributed by atoms with van der Waals surface area (Å²) in [5.74, 6) is 1.46. The number of benzene rings is 1. The van der Waals surface area contributed by atoms with Gasteiger partial charge in [0.05, 0.1) is 10.6 Å². The first-order valence-corrected chi connectivity index (χ1v) is 9.46. The van der Waals surface area contributed by atoms with Gasteiger partial charge >= 0.3 is 0 Å². The van der Waals surface area contributed by atoms with Crippen molar-refractivity contribution in [3.8, 4) is 16.4 Å². The lowest BCUT2D eigenvalue weighted by Gasteiger charge is -2.29. The highest BCUT2D eigenvalue weighted by Crippen LogP contribution is 2.26. The second-order valence-electron chi connectivity index (χ2n) is 6.48. The normalized spacial score (nSPS) is 17.6. The third kappa shape index (κ3) is 3.22. The molecule has 1 saturated heterocycles. The predicted molar refractivity (Wildman–Crippen MR) is 99.0 cm³/mol. The molecule has 1 amide bonds. The van der Waals surface area contributed by atoms with Gasteiger partial charge in [-0.3, -0.25) is 4.79 Å². The number of thiophene rings is 1. The van der Waals surface area contributed by atoms with Gasteiger partial charge in [-0.25, -0.2) is 9.67 Å². The molecule has 1 aromatic carbocycles. The maximum Gasteiger partial charge on any atom is 0.293 e. The summed E-state index contributed by atoms with van der Waals surface area (Å²) in [5, 5.41) is 6.56. The van der Waals surface area contributed by atoms with Crippen LogP contribution < -0.4 is 0 Å². The zero-order valence-electron chi connectivity index (χ0n) is 14.1. The molecule has 3 aromatic rings. The minimum atomic E-state index is -0.0703. The van der Waals surface area contributed by atoms with E-state index in [0.29, 0.717) is 5.92 Å². The summed E-state index contributed by atoms with van der Waals surface area (Å²) in [5.41, 5.74) is 0.907. The Morgan fingerprint density at radius 3 is 2.76 bits per heavy atom. The molecular formula is C19H20N4OS. The standard InChI is InChI=1S/C19H20N4OS/c1-14-7-5-11-22(13-14)19(24)17-20-18(16-10-6-12-25-16)23(21-17)15-8-3-2-4-9-15/h2-4,6,8-10,12,14H,5,7,11,13H2,1H3. The van der Waals surface area contributed by atoms with Crippen LogP contribution in [-0.2, 0) is 0 Å². The number of nitrogens with zero attached hydrogens (tertiary/aromatic N) is 4. The van der Waals surface area contributed by atoms with Crippen LogP contribution >= 0.6 is 11.3 Å². The van der Waals surface area contributed by atoms with Gasteiger partial charge in [-0.15, -0.1) is 16.4 Å². The molecule has 0 bridgehead atoms. The summed E-state index contributed by atoms with van der Waals surface area (Å²) >= 11 is 1.60. The number of amides is 1. The van der Waals surface area contributed by atoms with Gasteiger partial charge < -0.3 is 4.90 Å². The molecule has 3 heterocycles. The van der Waals surface area contributed by atoms with E-state index in [1.54, 1.807) is 16.0 Å². The van der Waals surface area contributed by atoms with E-state index in [0.717, 1.165) is 35.9 Å². The number of carbonyl (C=O) groups is 1. The second kappa shape index (κ2) is 6.80. The highest BCUT2D eigenvalue weighted by Gasteiger charge is 2.26. The zero-order valence-corrected chi connectivity index (χ0v) is 14.9. The van der Waals surface area contributed by atoms with Gasteiger partial charge in [0.25, 0.3) is 5.91 Å². The first kappa shape index (κ1) is 16.0. The molecule has 1 aliphatic rings. The summed E-state index contributed by atoms with van der Waals surface area (Å²) in [6, 6.07) is 13.8. The molecule has 1 unspecified atom stereocenters. The Balaban J connectivity index is 1.73. The fourth-order valence-electron chi connectivity index (χ4n) is 3.23. The topological polar surface area (TPSA) is 51.0 Å². The van der Waals surface area contributed by atoms with E-state index in [2.05, 4.69) is 17.0 Å². The Labute approximate surface area is 150 Å². The summed E-state index contributed by atoms with van der Waals surface area (Å²) in [4.78, 5) is 20.4. The highest BCUT2D eigenvalue weighted by atomic mass is 32.1. The van der Waals surface area contributed by atoms with Crippen molar-refractivity contribution in [2.24, 2.45) is 5.92 Å². The van der Waals surface area contributed by atoms with E-state index in [1.807, 2.05) is 52.7 Å². The van der Waals surface area contributed by atoms with Crippen LogP contribution in [0.1, 0.15) is 30.4 Å². The number of carbonyl (C=O) groups excluding carboxylic acids is 1. The average molecular weight is 352 g/mol. The zero-order chi connectivity index (χ0) is 17.2. The molecular weight excluding hydrogens is 332 g/mol. The lowest BCUT2D eigenvalue weighted by atomic mass is 10.0. The van der Waals surface area contributed by atoms with Crippen molar-refractivity contribution in [1.82, 2.24) is 19.7 Å². The maximum absolute atomic E-state index is 12.9. The molecule has 1 aliphatic heterocycles. The van der Waals surface area contributed by atoms with E-state index in [-0.39, 0.29) is 11.7 Å². The van der Waals surface area contributed by atoms with Crippen LogP contribution in [0.15, 0.2) is 47.8 Å². The first-order chi connectivity index (χ1) is 12.2. The molecule has 128 valence electrons. The van der Waals surface area contributed by atoms with Crippen molar-refractivity contribution in [2.75, 3.05) is 13.1 Å². The summed E-state index contributed by atoms with van der Waals surface area (Å²) in [6.07, 6.45) is 2.22. The van der Waals surface area contributed by atoms with Crippen molar-refractivity contribution in [3.05, 3.63) is 53.7 Å². The quantitative estimate of drug-likeness (QED) is 0.719. The van der Waals surface area contributed by atoms with Crippen LogP contribution in [0.25, 0.3) is 16.4 Å². The Morgan fingerprint density at radius 1 is 1.20 bits per heavy atom. The highest BCUT2D eigenvalue weighted by molar-refractivity contribution is 7.13. The van der Waals surface area contributed by atoms with E-state index in [4.69, 9.17) is 0 Å². The fraction of sp³-hybridized carbons (Fsp3) is 0.316. The van der Waals surface area contributed by atoms with Crippen molar-refractivity contribution >= 4 is 17.2 Å². The SMILES string of the molecule is CC1CCCN(C(=O)c2nc(-c3cccs3)n(-c3ccccc3)n2)C1. The number of aromatic nitrogens is 3. The Bertz CT molecular complexity index is 857. The minimum absolute atomic E-state index is 0.0703. The second-order valence-corrected chi connectivity index (χ2v) is 7.43. The van der Waals surface area contributed by atoms with Gasteiger partial charge in [0.1, 0.15) is 0 Å². The minimum Gasteiger partial charge on any atom is -0.336 e. The number of likely N-dealkylation sites (tertiary alicyclic amines) is 1. The maximum atomic E-state index is 12.9. The molecule has 0 N–H and O–H groups in total. The third-order valence-electron chi connectivity index (χ3n) is 4.48. The molecule has 25 heavy (non-hydrogen) atoms. The van der Waals surface area contributed by atoms with Crippen molar-refractivity contribution in [2.45, 2.75) is 19.8 Å². The molecule has 1 atom stereocenters. The van der Waals surface area contributed by atoms with Crippen LogP contribution in [0.2, 0.25) is 0 Å². The average Bonchev–Trinajstić information content (AvgIpc) is 3.31. The van der Waals surface area contributed by atoms with E-state index in [1.165, 1.54) is 6.42 Å². The number of para-hydroxylation sites is 1. The Kier molecular flexibility index (Phi) is 4.36. The lowest BCUT2D eigenvalue weighted by molar-refractivity contribution is 0.0670. The largest absolute Gasteiger partial charge is 0.336 e. The molecule has 4 rings (SSSR count). The monoisotopic (exact) mass is 352 g/mol. The van der Waals surface area contributed by atoms with Gasteiger partial charge in [-0.1, -0.05) is 31.2 Å². The predicted octanol–water partition coefficient (Wildman–Crippen LogP) is 3.87. The van der Waals surface area contributed by atoms with Crippen LogP contribution in [-0.4, -0.2) is 38.7 Å². The van der Waals surface area contributed by atoms with Crippen LogP contribution in [0, 0.1) is 5.92 Å². The summed E-state index contributed by atoms with van der Waals surface area (Å²) in [6.45, 7) is 3.76. The number of rotatable bonds is 3. The molecule has 0 spiro atoms. The third-order valence-corrected chi connectivity index (χ3v) is 5.35. The van der Waals surface area contributed by atoms with E-state index in [9.17, 15) is 4.79 Å². The van der Waals surface area contributed by atoms with Crippen molar-refractivity contribution in [3.63, 3.8) is 0 Å². The summed E-state index contributed by atoms with van der Waals surface area (Å²) < 4.78 is 1.77. The van der Waals surface area contributed by atoms with Gasteiger partial charge in [-0.05, 0) is 42.3 Å². The number of piperidine rings is 1. The van der Waals surface area contributed by atoms with E-state index >= 15 is 0 Å². The van der Waals surface area contributed by atoms with Gasteiger partial charge in [0.15, 0.2) is 5.82 Å². The van der Waals surface area contributed by atoms with Crippen LogP contribution in [0.5, 0.6) is 0 Å². The summed E-state index contributed by atoms with van der Waals surface area (Å²) in [7, 11) is 0. The van der Waals surface area contributed by atoms with E-state index < -0.39 is 0 Å². The Hall–Kier alpha value is -2.47. The van der Waals surface area contributed by atoms with Crippen LogP contribution in [0.3, 0.4) is 0 Å². The van der Waals surface area contributed by atoms with Crippen molar-refractivity contribution in [1.29, 1.82) is 0 Å². The lowest BCUT2D eigenvalue weighted by Crippen LogP contribution is -2.39. The number of hydrogen-bond acceptors (Lipinski definition) is 4. The molecule has 1 fully saturated rings. The number of hydrogen-bond donors (Lipinski definition) is 0. The van der Waals surface area contributed by atoms with Gasteiger partial charge in [-0.2, -0.15) is 0 Å². The van der Waals surface area contributed by atoms with Crippen molar-refractivity contribution < 1.29 is 4.79 Å². The van der Waals surface area contributed by atoms with Gasteiger partial charge in [0, 0.05) is 13.1 Å². The fourth-order valence-corrected chi connectivity index (χ4v) is 3.93. The molecule has 0 radical (unpaired) electrons. The molecule has 0 aliphatic carbocycles. The smallest absolute Gasteiger partial charge is 0.293 e. The molecule has 5 nitrogen and oxygen atoms in total.